The first kappa shape index (κ1) is 14.9. The number of carbonyl (C=O) groups is 1. The molecule has 2 N–H and O–H groups in total. The van der Waals surface area contributed by atoms with E-state index in [1.54, 1.807) is 7.05 Å². The first-order valence-corrected chi connectivity index (χ1v) is 8.01. The van der Waals surface area contributed by atoms with Gasteiger partial charge in [-0.25, -0.2) is 4.79 Å². The van der Waals surface area contributed by atoms with E-state index >= 15 is 0 Å². The number of aryl methyl sites for hydroxylation is 1. The maximum absolute atomic E-state index is 11.0. The lowest BCUT2D eigenvalue weighted by Crippen LogP contribution is -2.31. The van der Waals surface area contributed by atoms with Crippen molar-refractivity contribution in [1.82, 2.24) is 15.0 Å². The normalized spacial score (nSPS) is 19.9. The second-order valence-electron chi connectivity index (χ2n) is 5.51. The third-order valence-electron chi connectivity index (χ3n) is 3.63. The van der Waals surface area contributed by atoms with Gasteiger partial charge in [-0.2, -0.15) is 4.98 Å². The highest BCUT2D eigenvalue weighted by atomic mass is 32.2. The molecule has 0 bridgehead atoms. The van der Waals surface area contributed by atoms with Gasteiger partial charge in [0.1, 0.15) is 6.54 Å². The summed E-state index contributed by atoms with van der Waals surface area (Å²) in [6.45, 7) is 2.33. The van der Waals surface area contributed by atoms with Crippen molar-refractivity contribution >= 4 is 17.8 Å². The number of nitrogens with two attached hydrogens (primary N) is 1. The number of urea groups is 1. The number of carbonyl (C=O) groups excluding carboxylic acids is 1. The molecule has 0 radical (unpaired) electrons. The highest BCUT2D eigenvalue weighted by Crippen LogP contribution is 2.56. The Morgan fingerprint density at radius 1 is 1.41 bits per heavy atom. The van der Waals surface area contributed by atoms with E-state index in [4.69, 9.17) is 10.3 Å². The molecule has 1 fully saturated rings. The molecule has 1 aromatic carbocycles. The van der Waals surface area contributed by atoms with Gasteiger partial charge in [-0.05, 0) is 12.5 Å². The smallest absolute Gasteiger partial charge is 0.314 e. The van der Waals surface area contributed by atoms with Crippen molar-refractivity contribution in [3.63, 3.8) is 0 Å². The van der Waals surface area contributed by atoms with E-state index in [2.05, 4.69) is 41.3 Å². The predicted molar refractivity (Wildman–Crippen MR) is 84.4 cm³/mol. The van der Waals surface area contributed by atoms with E-state index in [9.17, 15) is 4.79 Å². The van der Waals surface area contributed by atoms with Crippen molar-refractivity contribution in [1.29, 1.82) is 0 Å². The van der Waals surface area contributed by atoms with Crippen LogP contribution in [0.5, 0.6) is 0 Å². The Balaban J connectivity index is 1.56. The summed E-state index contributed by atoms with van der Waals surface area (Å²) >= 11 is 1.91. The molecule has 116 valence electrons. The standard InChI is InChI=1S/C15H18N4O2S/c1-9-3-5-10(6-4-9)14-11(22-14)7-12-17-13(21-18-12)8-19(2)15(16)20/h3-6,11,14H,7-8H2,1-2H3,(H2,16,20). The van der Waals surface area contributed by atoms with Gasteiger partial charge >= 0.3 is 6.03 Å². The van der Waals surface area contributed by atoms with Crippen molar-refractivity contribution in [2.75, 3.05) is 7.05 Å². The lowest BCUT2D eigenvalue weighted by atomic mass is 10.1. The molecule has 3 rings (SSSR count). The lowest BCUT2D eigenvalue weighted by Gasteiger charge is -2.09. The van der Waals surface area contributed by atoms with Crippen LogP contribution in [0.15, 0.2) is 28.8 Å². The molecule has 7 heteroatoms. The molecule has 1 aliphatic rings. The van der Waals surface area contributed by atoms with E-state index in [0.717, 1.165) is 6.42 Å². The summed E-state index contributed by atoms with van der Waals surface area (Å²) in [4.78, 5) is 16.6. The van der Waals surface area contributed by atoms with Gasteiger partial charge in [-0.1, -0.05) is 35.0 Å². The molecule has 6 nitrogen and oxygen atoms in total. The van der Waals surface area contributed by atoms with Gasteiger partial charge in [0.15, 0.2) is 5.82 Å². The summed E-state index contributed by atoms with van der Waals surface area (Å²) in [5.41, 5.74) is 7.78. The molecule has 0 spiro atoms. The zero-order valence-corrected chi connectivity index (χ0v) is 13.3. The van der Waals surface area contributed by atoms with Gasteiger partial charge in [-0.3, -0.25) is 0 Å². The van der Waals surface area contributed by atoms with Crippen LogP contribution in [0.2, 0.25) is 0 Å². The molecule has 0 saturated carbocycles. The Bertz CT molecular complexity index is 670. The third-order valence-corrected chi connectivity index (χ3v) is 5.00. The number of thioether (sulfide) groups is 1. The zero-order chi connectivity index (χ0) is 15.7. The highest BCUT2D eigenvalue weighted by molar-refractivity contribution is 8.07. The summed E-state index contributed by atoms with van der Waals surface area (Å²) in [5, 5.41) is 4.97. The Labute approximate surface area is 133 Å². The molecule has 0 aliphatic carbocycles. The summed E-state index contributed by atoms with van der Waals surface area (Å²) in [6.07, 6.45) is 0.771. The Hall–Kier alpha value is -2.02. The van der Waals surface area contributed by atoms with Crippen molar-refractivity contribution < 1.29 is 9.32 Å². The van der Waals surface area contributed by atoms with Crippen LogP contribution >= 0.6 is 11.8 Å². The van der Waals surface area contributed by atoms with Gasteiger partial charge in [0.05, 0.1) is 0 Å². The highest BCUT2D eigenvalue weighted by Gasteiger charge is 2.40. The van der Waals surface area contributed by atoms with Crippen LogP contribution < -0.4 is 5.73 Å². The van der Waals surface area contributed by atoms with Gasteiger partial charge < -0.3 is 15.2 Å². The molecular weight excluding hydrogens is 300 g/mol. The van der Waals surface area contributed by atoms with Crippen molar-refractivity contribution in [3.8, 4) is 0 Å². The average molecular weight is 318 g/mol. The monoisotopic (exact) mass is 318 g/mol. The van der Waals surface area contributed by atoms with Gasteiger partial charge in [0.25, 0.3) is 0 Å². The first-order valence-electron chi connectivity index (χ1n) is 7.07. The van der Waals surface area contributed by atoms with Crippen molar-refractivity contribution in [2.45, 2.75) is 30.4 Å². The van der Waals surface area contributed by atoms with Crippen LogP contribution in [0.3, 0.4) is 0 Å². The van der Waals surface area contributed by atoms with Gasteiger partial charge in [0.2, 0.25) is 5.89 Å². The molecule has 2 atom stereocenters. The molecule has 2 amide bonds. The fourth-order valence-electron chi connectivity index (χ4n) is 2.25. The summed E-state index contributed by atoms with van der Waals surface area (Å²) < 4.78 is 5.15. The minimum absolute atomic E-state index is 0.238. The van der Waals surface area contributed by atoms with Crippen LogP contribution in [0.1, 0.15) is 28.1 Å². The van der Waals surface area contributed by atoms with Gasteiger partial charge in [0, 0.05) is 24.0 Å². The van der Waals surface area contributed by atoms with Crippen LogP contribution in [-0.4, -0.2) is 33.4 Å². The lowest BCUT2D eigenvalue weighted by molar-refractivity contribution is 0.209. The average Bonchev–Trinajstić information content (AvgIpc) is 3.10. The second kappa shape index (κ2) is 6.00. The Kier molecular flexibility index (Phi) is 4.06. The largest absolute Gasteiger partial charge is 0.351 e. The number of benzene rings is 1. The van der Waals surface area contributed by atoms with Crippen LogP contribution in [0, 0.1) is 6.92 Å². The Morgan fingerprint density at radius 3 is 2.82 bits per heavy atom. The predicted octanol–water partition coefficient (Wildman–Crippen LogP) is 2.29. The molecule has 2 unspecified atom stereocenters. The van der Waals surface area contributed by atoms with E-state index in [1.165, 1.54) is 16.0 Å². The maximum atomic E-state index is 11.0. The number of primary amides is 1. The number of hydrogen-bond acceptors (Lipinski definition) is 5. The van der Waals surface area contributed by atoms with E-state index in [0.29, 0.717) is 22.2 Å². The summed E-state index contributed by atoms with van der Waals surface area (Å²) in [6, 6.07) is 8.11. The minimum Gasteiger partial charge on any atom is -0.351 e. The summed E-state index contributed by atoms with van der Waals surface area (Å²) in [7, 11) is 1.59. The molecule has 2 aromatic rings. The fourth-order valence-corrected chi connectivity index (χ4v) is 3.34. The summed E-state index contributed by atoms with van der Waals surface area (Å²) in [5.74, 6) is 1.09. The minimum atomic E-state index is -0.517. The molecule has 1 saturated heterocycles. The third kappa shape index (κ3) is 3.41. The van der Waals surface area contributed by atoms with E-state index in [1.807, 2.05) is 11.8 Å². The Morgan fingerprint density at radius 2 is 2.14 bits per heavy atom. The molecule has 1 aliphatic heterocycles. The van der Waals surface area contributed by atoms with Gasteiger partial charge in [-0.15, -0.1) is 11.8 Å². The van der Waals surface area contributed by atoms with Crippen molar-refractivity contribution in [2.24, 2.45) is 5.73 Å². The number of rotatable bonds is 5. The number of hydrogen-bond donors (Lipinski definition) is 1. The van der Waals surface area contributed by atoms with Crippen molar-refractivity contribution in [3.05, 3.63) is 47.1 Å². The van der Waals surface area contributed by atoms with Crippen LogP contribution in [0.25, 0.3) is 0 Å². The topological polar surface area (TPSA) is 85.3 Å². The first-order chi connectivity index (χ1) is 10.5. The van der Waals surface area contributed by atoms with E-state index in [-0.39, 0.29) is 6.54 Å². The second-order valence-corrected chi connectivity index (χ2v) is 6.89. The number of amides is 2. The SMILES string of the molecule is Cc1ccc(C2SC2Cc2noc(CN(C)C(N)=O)n2)cc1. The maximum Gasteiger partial charge on any atom is 0.314 e. The molecule has 22 heavy (non-hydrogen) atoms. The molecular formula is C15H18N4O2S. The van der Waals surface area contributed by atoms with E-state index < -0.39 is 6.03 Å². The molecule has 2 heterocycles. The molecule has 1 aromatic heterocycles. The number of aromatic nitrogens is 2. The van der Waals surface area contributed by atoms with Crippen LogP contribution in [-0.2, 0) is 13.0 Å². The fraction of sp³-hybridized carbons (Fsp3) is 0.400. The quantitative estimate of drug-likeness (QED) is 0.855. The zero-order valence-electron chi connectivity index (χ0n) is 12.5. The number of nitrogens with zero attached hydrogens (tertiary/aromatic N) is 3. The van der Waals surface area contributed by atoms with Crippen LogP contribution in [0.4, 0.5) is 4.79 Å².